The highest BCUT2D eigenvalue weighted by Crippen LogP contribution is 2.50. The molecule has 0 fully saturated rings. The van der Waals surface area contributed by atoms with Crippen molar-refractivity contribution in [2.24, 2.45) is 5.92 Å². The van der Waals surface area contributed by atoms with E-state index in [9.17, 15) is 10.2 Å². The molecule has 0 aromatic heterocycles. The second-order valence-electron chi connectivity index (χ2n) is 9.31. The van der Waals surface area contributed by atoms with Gasteiger partial charge in [-0.25, -0.2) is 0 Å². The topological polar surface area (TPSA) is 49.7 Å². The van der Waals surface area contributed by atoms with E-state index in [1.165, 1.54) is 16.3 Å². The van der Waals surface area contributed by atoms with Gasteiger partial charge in [-0.3, -0.25) is 0 Å². The zero-order chi connectivity index (χ0) is 23.9. The standard InChI is InChI=1S/C32H26O3/c1-20-29(16-12-21-6-4-9-24(33)18-21)35-30-17-13-23-19-25(34)14-15-27(23)32(30)31(20)28-11-5-8-22-7-2-3-10-26(22)28/h2-5,7-20,31,33-34H,6H2,1H3/b21-12+,29-16+/t20-,31?/m1/s1. The molecule has 1 aliphatic carbocycles. The maximum Gasteiger partial charge on any atom is 0.131 e. The van der Waals surface area contributed by atoms with Gasteiger partial charge in [-0.2, -0.15) is 0 Å². The number of ether oxygens (including phenoxy) is 1. The third-order valence-corrected chi connectivity index (χ3v) is 7.09. The summed E-state index contributed by atoms with van der Waals surface area (Å²) in [6.45, 7) is 2.22. The molecule has 35 heavy (non-hydrogen) atoms. The van der Waals surface area contributed by atoms with Gasteiger partial charge in [-0.05, 0) is 75.5 Å². The van der Waals surface area contributed by atoms with Crippen LogP contribution in [0.1, 0.15) is 30.4 Å². The van der Waals surface area contributed by atoms with E-state index in [1.807, 2.05) is 42.5 Å². The molecule has 0 amide bonds. The lowest BCUT2D eigenvalue weighted by atomic mass is 9.75. The summed E-state index contributed by atoms with van der Waals surface area (Å²) in [5, 5.41) is 24.5. The quantitative estimate of drug-likeness (QED) is 0.319. The predicted octanol–water partition coefficient (Wildman–Crippen LogP) is 8.07. The highest BCUT2D eigenvalue weighted by atomic mass is 16.5. The first-order chi connectivity index (χ1) is 17.1. The Morgan fingerprint density at radius 1 is 0.857 bits per heavy atom. The van der Waals surface area contributed by atoms with Crippen molar-refractivity contribution in [1.82, 2.24) is 0 Å². The molecule has 0 saturated carbocycles. The van der Waals surface area contributed by atoms with Gasteiger partial charge in [-0.15, -0.1) is 0 Å². The minimum absolute atomic E-state index is 0.0675. The molecule has 4 aromatic rings. The number of phenols is 1. The lowest BCUT2D eigenvalue weighted by Gasteiger charge is -2.35. The Morgan fingerprint density at radius 3 is 2.60 bits per heavy atom. The van der Waals surface area contributed by atoms with Crippen LogP contribution in [0.4, 0.5) is 0 Å². The van der Waals surface area contributed by atoms with E-state index < -0.39 is 0 Å². The highest BCUT2D eigenvalue weighted by molar-refractivity contribution is 5.92. The summed E-state index contributed by atoms with van der Waals surface area (Å²) in [6, 6.07) is 24.6. The number of hydrogen-bond acceptors (Lipinski definition) is 3. The number of rotatable bonds is 2. The molecule has 172 valence electrons. The first-order valence-electron chi connectivity index (χ1n) is 12.0. The van der Waals surface area contributed by atoms with Crippen molar-refractivity contribution >= 4 is 21.5 Å². The number of aliphatic hydroxyl groups excluding tert-OH is 1. The van der Waals surface area contributed by atoms with Gasteiger partial charge in [0.1, 0.15) is 23.0 Å². The summed E-state index contributed by atoms with van der Waals surface area (Å²) in [6.07, 6.45) is 10.3. The summed E-state index contributed by atoms with van der Waals surface area (Å²) >= 11 is 0. The van der Waals surface area contributed by atoms with E-state index in [1.54, 1.807) is 18.2 Å². The molecule has 6 rings (SSSR count). The van der Waals surface area contributed by atoms with E-state index in [-0.39, 0.29) is 23.3 Å². The maximum absolute atomic E-state index is 10.1. The smallest absolute Gasteiger partial charge is 0.131 e. The molecule has 0 bridgehead atoms. The number of aliphatic hydroxyl groups is 1. The van der Waals surface area contributed by atoms with Gasteiger partial charge in [0.15, 0.2) is 0 Å². The van der Waals surface area contributed by atoms with Gasteiger partial charge in [-0.1, -0.05) is 73.7 Å². The number of hydrogen-bond donors (Lipinski definition) is 2. The molecular weight excluding hydrogens is 432 g/mol. The van der Waals surface area contributed by atoms with Gasteiger partial charge in [0, 0.05) is 17.4 Å². The van der Waals surface area contributed by atoms with Crippen molar-refractivity contribution in [2.45, 2.75) is 19.3 Å². The van der Waals surface area contributed by atoms with Gasteiger partial charge >= 0.3 is 0 Å². The number of phenolic OH excluding ortho intramolecular Hbond substituents is 1. The number of aromatic hydroxyl groups is 1. The fourth-order valence-corrected chi connectivity index (χ4v) is 5.42. The summed E-state index contributed by atoms with van der Waals surface area (Å²) in [5.41, 5.74) is 3.45. The molecule has 2 aliphatic rings. The average molecular weight is 459 g/mol. The van der Waals surface area contributed by atoms with Gasteiger partial charge < -0.3 is 14.9 Å². The largest absolute Gasteiger partial charge is 0.508 e. The molecule has 1 heterocycles. The second kappa shape index (κ2) is 8.52. The Hall–Kier alpha value is -4.24. The van der Waals surface area contributed by atoms with Crippen molar-refractivity contribution in [3.63, 3.8) is 0 Å². The molecule has 3 nitrogen and oxygen atoms in total. The molecule has 4 aromatic carbocycles. The monoisotopic (exact) mass is 458 g/mol. The van der Waals surface area contributed by atoms with Crippen LogP contribution < -0.4 is 4.74 Å². The fraction of sp³-hybridized carbons (Fsp3) is 0.125. The van der Waals surface area contributed by atoms with Gasteiger partial charge in [0.05, 0.1) is 0 Å². The zero-order valence-electron chi connectivity index (χ0n) is 19.5. The van der Waals surface area contributed by atoms with E-state index in [2.05, 4.69) is 49.4 Å². The molecule has 0 radical (unpaired) electrons. The highest BCUT2D eigenvalue weighted by Gasteiger charge is 2.35. The fourth-order valence-electron chi connectivity index (χ4n) is 5.42. The molecule has 1 unspecified atom stereocenters. The number of allylic oxidation sites excluding steroid dienone is 7. The average Bonchev–Trinajstić information content (AvgIpc) is 2.87. The molecular formula is C32H26O3. The Balaban J connectivity index is 1.57. The van der Waals surface area contributed by atoms with E-state index in [4.69, 9.17) is 4.74 Å². The molecule has 2 atom stereocenters. The Morgan fingerprint density at radius 2 is 1.71 bits per heavy atom. The van der Waals surface area contributed by atoms with Crippen LogP contribution in [0.3, 0.4) is 0 Å². The van der Waals surface area contributed by atoms with E-state index in [0.717, 1.165) is 39.8 Å². The summed E-state index contributed by atoms with van der Waals surface area (Å²) < 4.78 is 6.52. The van der Waals surface area contributed by atoms with Crippen LogP contribution in [-0.2, 0) is 0 Å². The van der Waals surface area contributed by atoms with E-state index >= 15 is 0 Å². The van der Waals surface area contributed by atoms with Crippen molar-refractivity contribution in [3.8, 4) is 11.5 Å². The minimum Gasteiger partial charge on any atom is -0.508 e. The van der Waals surface area contributed by atoms with Crippen molar-refractivity contribution in [3.05, 3.63) is 131 Å². The van der Waals surface area contributed by atoms with Crippen LogP contribution >= 0.6 is 0 Å². The summed E-state index contributed by atoms with van der Waals surface area (Å²) in [4.78, 5) is 0. The second-order valence-corrected chi connectivity index (χ2v) is 9.31. The first kappa shape index (κ1) is 21.3. The van der Waals surface area contributed by atoms with Crippen LogP contribution in [-0.4, -0.2) is 10.2 Å². The van der Waals surface area contributed by atoms with Gasteiger partial charge in [0.2, 0.25) is 0 Å². The first-order valence-corrected chi connectivity index (χ1v) is 12.0. The predicted molar refractivity (Wildman–Crippen MR) is 142 cm³/mol. The minimum atomic E-state index is 0.0675. The van der Waals surface area contributed by atoms with Crippen LogP contribution in [0.15, 0.2) is 120 Å². The Bertz CT molecular complexity index is 1580. The molecule has 3 heteroatoms. The number of benzene rings is 4. The molecule has 0 spiro atoms. The van der Waals surface area contributed by atoms with Crippen LogP contribution in [0.2, 0.25) is 0 Å². The van der Waals surface area contributed by atoms with Crippen molar-refractivity contribution in [2.75, 3.05) is 0 Å². The number of fused-ring (bicyclic) bond motifs is 4. The Kier molecular flexibility index (Phi) is 5.18. The third-order valence-electron chi connectivity index (χ3n) is 7.09. The SMILES string of the molecule is C[C@@H]1/C(=C\C=C2\C=C(O)C=CC2)Oc2ccc3cc(O)ccc3c2C1c1cccc2ccccc12. The Labute approximate surface area is 204 Å². The molecule has 0 saturated heterocycles. The molecule has 1 aliphatic heterocycles. The summed E-state index contributed by atoms with van der Waals surface area (Å²) in [7, 11) is 0. The third kappa shape index (κ3) is 3.79. The summed E-state index contributed by atoms with van der Waals surface area (Å²) in [5.74, 6) is 2.40. The van der Waals surface area contributed by atoms with Crippen LogP contribution in [0.5, 0.6) is 11.5 Å². The van der Waals surface area contributed by atoms with Crippen molar-refractivity contribution in [1.29, 1.82) is 0 Å². The van der Waals surface area contributed by atoms with Crippen molar-refractivity contribution < 1.29 is 14.9 Å². The lowest BCUT2D eigenvalue weighted by Crippen LogP contribution is -2.23. The maximum atomic E-state index is 10.1. The lowest BCUT2D eigenvalue weighted by molar-refractivity contribution is 0.309. The normalized spacial score (nSPS) is 21.8. The zero-order valence-corrected chi connectivity index (χ0v) is 19.5. The molecule has 2 N–H and O–H groups in total. The van der Waals surface area contributed by atoms with E-state index in [0.29, 0.717) is 0 Å². The van der Waals surface area contributed by atoms with Crippen LogP contribution in [0, 0.1) is 5.92 Å². The van der Waals surface area contributed by atoms with Gasteiger partial charge in [0.25, 0.3) is 0 Å². The van der Waals surface area contributed by atoms with Crippen LogP contribution in [0.25, 0.3) is 21.5 Å².